The number of rotatable bonds is 2. The Balaban J connectivity index is 1.45. The van der Waals surface area contributed by atoms with E-state index >= 15 is 0 Å². The predicted molar refractivity (Wildman–Crippen MR) is 153 cm³/mol. The number of hydrogen-bond donors (Lipinski definition) is 0. The van der Waals surface area contributed by atoms with Gasteiger partial charge in [0.05, 0.1) is 21.8 Å². The van der Waals surface area contributed by atoms with Crippen molar-refractivity contribution in [1.29, 1.82) is 0 Å². The first-order valence-electron chi connectivity index (χ1n) is 12.5. The van der Waals surface area contributed by atoms with Gasteiger partial charge in [-0.15, -0.1) is 0 Å². The fraction of sp³-hybridized carbons (Fsp3) is 0. The second kappa shape index (κ2) is 7.64. The molecule has 2 aliphatic heterocycles. The first-order valence-corrected chi connectivity index (χ1v) is 12.5. The molecule has 2 heterocycles. The Labute approximate surface area is 215 Å². The van der Waals surface area contributed by atoms with Crippen LogP contribution >= 0.6 is 0 Å². The summed E-state index contributed by atoms with van der Waals surface area (Å²) in [5.74, 6) is 0. The number of fused-ring (bicyclic) bond motifs is 6. The van der Waals surface area contributed by atoms with Crippen LogP contribution in [0.5, 0.6) is 0 Å². The predicted octanol–water partition coefficient (Wildman–Crippen LogP) is 6.74. The second-order valence-corrected chi connectivity index (χ2v) is 9.66. The van der Waals surface area contributed by atoms with E-state index in [1.807, 2.05) is 60.7 Å². The fourth-order valence-corrected chi connectivity index (χ4v) is 5.96. The minimum absolute atomic E-state index is 0.295. The van der Waals surface area contributed by atoms with E-state index in [0.29, 0.717) is 21.8 Å². The lowest BCUT2D eigenvalue weighted by Crippen LogP contribution is -2.04. The summed E-state index contributed by atoms with van der Waals surface area (Å²) in [5.41, 5.74) is 1.49. The van der Waals surface area contributed by atoms with Crippen molar-refractivity contribution in [3.05, 3.63) is 140 Å². The maximum absolute atomic E-state index is 13.4. The van der Waals surface area contributed by atoms with Crippen LogP contribution in [0.1, 0.15) is 0 Å². The van der Waals surface area contributed by atoms with E-state index in [9.17, 15) is 9.59 Å². The lowest BCUT2D eigenvalue weighted by molar-refractivity contribution is 1.23. The van der Waals surface area contributed by atoms with Gasteiger partial charge in [0, 0.05) is 11.1 Å². The zero-order valence-electron chi connectivity index (χ0n) is 20.1. The van der Waals surface area contributed by atoms with E-state index in [1.165, 1.54) is 0 Å². The molecule has 176 valence electrons. The zero-order chi connectivity index (χ0) is 25.4. The molecule has 0 aliphatic carbocycles. The molecule has 8 rings (SSSR count). The van der Waals surface area contributed by atoms with E-state index in [-0.39, 0.29) is 0 Å². The lowest BCUT2D eigenvalue weighted by atomic mass is 9.96. The normalized spacial score (nSPS) is 11.9. The van der Waals surface area contributed by atoms with Gasteiger partial charge in [-0.3, -0.25) is 9.59 Å². The Bertz CT molecular complexity index is 2230. The third-order valence-corrected chi connectivity index (χ3v) is 7.66. The Kier molecular flexibility index (Phi) is 4.21. The number of nitrogens with zero attached hydrogens (tertiary/aromatic N) is 2. The molecular weight excluding hydrogens is 468 g/mol. The summed E-state index contributed by atoms with van der Waals surface area (Å²) >= 11 is 0. The maximum atomic E-state index is 13.4. The van der Waals surface area contributed by atoms with Crippen LogP contribution in [0.4, 0.5) is 0 Å². The van der Waals surface area contributed by atoms with E-state index in [0.717, 1.165) is 54.2 Å². The molecule has 6 aromatic carbocycles. The highest BCUT2D eigenvalue weighted by molar-refractivity contribution is 6.13. The topological polar surface area (TPSA) is 59.9 Å². The molecule has 0 aromatic heterocycles. The van der Waals surface area contributed by atoms with Crippen molar-refractivity contribution in [3.63, 3.8) is 0 Å². The standard InChI is InChI=1S/C34H18N2O2/c37-33-29-30(32(36-33)28-14-6-12-24-22-10-4-2-8-20(22)16-18-26(24)28)34(38)35-31(29)27-13-5-11-23-21-9-3-1-7-19(21)15-17-25(23)27/h1-18H. The molecule has 0 saturated carbocycles. The van der Waals surface area contributed by atoms with E-state index in [1.54, 1.807) is 0 Å². The smallest absolute Gasteiger partial charge is 0.267 e. The van der Waals surface area contributed by atoms with Gasteiger partial charge in [0.15, 0.2) is 0 Å². The Morgan fingerprint density at radius 1 is 0.368 bits per heavy atom. The summed E-state index contributed by atoms with van der Waals surface area (Å²) in [5, 5.41) is 9.09. The summed E-state index contributed by atoms with van der Waals surface area (Å²) in [7, 11) is 0. The summed E-state index contributed by atoms with van der Waals surface area (Å²) in [6, 6.07) is 36.5. The molecule has 0 amide bonds. The van der Waals surface area contributed by atoms with Crippen molar-refractivity contribution in [1.82, 2.24) is 9.97 Å². The van der Waals surface area contributed by atoms with Gasteiger partial charge in [-0.05, 0) is 43.1 Å². The molecule has 0 radical (unpaired) electrons. The van der Waals surface area contributed by atoms with Crippen molar-refractivity contribution < 1.29 is 0 Å². The monoisotopic (exact) mass is 486 g/mol. The van der Waals surface area contributed by atoms with Gasteiger partial charge in [0.25, 0.3) is 11.1 Å². The molecule has 38 heavy (non-hydrogen) atoms. The van der Waals surface area contributed by atoms with Crippen molar-refractivity contribution in [3.8, 4) is 22.5 Å². The summed E-state index contributed by atoms with van der Waals surface area (Å²) in [6.45, 7) is 0. The van der Waals surface area contributed by atoms with Crippen LogP contribution in [-0.2, 0) is 0 Å². The van der Waals surface area contributed by atoms with Crippen molar-refractivity contribution in [2.45, 2.75) is 0 Å². The molecule has 0 N–H and O–H groups in total. The molecular formula is C34H18N2O2. The average molecular weight is 487 g/mol. The minimum atomic E-state index is -0.421. The SMILES string of the molecule is O=c1nc(-c2cccc3c2ccc2ccccc23)c2c(=O)nc(-c3cccc4c3ccc3ccccc34)c1=2. The van der Waals surface area contributed by atoms with Crippen LogP contribution in [-0.4, -0.2) is 9.97 Å². The number of benzene rings is 6. The third kappa shape index (κ3) is 2.80. The second-order valence-electron chi connectivity index (χ2n) is 9.66. The Hall–Kier alpha value is -5.22. The van der Waals surface area contributed by atoms with Gasteiger partial charge in [-0.1, -0.05) is 109 Å². The fourth-order valence-electron chi connectivity index (χ4n) is 5.96. The molecule has 6 aromatic rings. The van der Waals surface area contributed by atoms with E-state index < -0.39 is 11.1 Å². The largest absolute Gasteiger partial charge is 0.280 e. The van der Waals surface area contributed by atoms with Crippen molar-refractivity contribution in [2.75, 3.05) is 0 Å². The minimum Gasteiger partial charge on any atom is -0.267 e. The van der Waals surface area contributed by atoms with Crippen LogP contribution in [0.2, 0.25) is 0 Å². The van der Waals surface area contributed by atoms with Gasteiger partial charge in [0.2, 0.25) is 0 Å². The first-order chi connectivity index (χ1) is 18.7. The van der Waals surface area contributed by atoms with Gasteiger partial charge < -0.3 is 0 Å². The van der Waals surface area contributed by atoms with E-state index in [2.05, 4.69) is 58.5 Å². The van der Waals surface area contributed by atoms with Crippen molar-refractivity contribution >= 4 is 43.1 Å². The lowest BCUT2D eigenvalue weighted by Gasteiger charge is -2.07. The molecule has 0 atom stereocenters. The molecule has 4 heteroatoms. The van der Waals surface area contributed by atoms with Gasteiger partial charge in [0.1, 0.15) is 0 Å². The summed E-state index contributed by atoms with van der Waals surface area (Å²) in [4.78, 5) is 35.6. The third-order valence-electron chi connectivity index (χ3n) is 7.66. The first kappa shape index (κ1) is 20.9. The van der Waals surface area contributed by atoms with Crippen LogP contribution in [0, 0.1) is 10.4 Å². The quantitative estimate of drug-likeness (QED) is 0.254. The number of hydrogen-bond acceptors (Lipinski definition) is 4. The molecule has 0 spiro atoms. The zero-order valence-corrected chi connectivity index (χ0v) is 20.1. The highest BCUT2D eigenvalue weighted by Gasteiger charge is 2.22. The molecule has 2 aliphatic rings. The maximum Gasteiger partial charge on any atom is 0.280 e. The van der Waals surface area contributed by atoms with E-state index in [4.69, 9.17) is 0 Å². The summed E-state index contributed by atoms with van der Waals surface area (Å²) < 4.78 is 0. The van der Waals surface area contributed by atoms with Gasteiger partial charge in [-0.2, -0.15) is 0 Å². The van der Waals surface area contributed by atoms with Crippen LogP contribution in [0.3, 0.4) is 0 Å². The van der Waals surface area contributed by atoms with Crippen molar-refractivity contribution in [2.24, 2.45) is 0 Å². The van der Waals surface area contributed by atoms with Crippen LogP contribution in [0.15, 0.2) is 119 Å². The molecule has 4 nitrogen and oxygen atoms in total. The highest BCUT2D eigenvalue weighted by atomic mass is 16.1. The Morgan fingerprint density at radius 2 is 0.789 bits per heavy atom. The highest BCUT2D eigenvalue weighted by Crippen LogP contribution is 2.35. The Morgan fingerprint density at radius 3 is 1.26 bits per heavy atom. The van der Waals surface area contributed by atoms with Gasteiger partial charge in [-0.25, -0.2) is 9.97 Å². The average Bonchev–Trinajstić information content (AvgIpc) is 3.49. The summed E-state index contributed by atoms with van der Waals surface area (Å²) in [6.07, 6.45) is 0. The molecule has 0 saturated heterocycles. The van der Waals surface area contributed by atoms with Crippen LogP contribution < -0.4 is 11.1 Å². The molecule has 0 fully saturated rings. The van der Waals surface area contributed by atoms with Gasteiger partial charge >= 0.3 is 0 Å². The van der Waals surface area contributed by atoms with Crippen LogP contribution in [0.25, 0.3) is 65.6 Å². The molecule has 0 unspecified atom stereocenters. The number of aromatic nitrogens is 2. The molecule has 0 bridgehead atoms.